The fourth-order valence-corrected chi connectivity index (χ4v) is 5.38. The molecular weight excluding hydrogens is 356 g/mol. The average Bonchev–Trinajstić information content (AvgIpc) is 3.27. The summed E-state index contributed by atoms with van der Waals surface area (Å²) in [6.07, 6.45) is 7.85. The summed E-state index contributed by atoms with van der Waals surface area (Å²) in [5.41, 5.74) is 7.56. The molecule has 2 aliphatic carbocycles. The van der Waals surface area contributed by atoms with Crippen LogP contribution in [0.5, 0.6) is 0 Å². The first kappa shape index (κ1) is 18.4. The van der Waals surface area contributed by atoms with E-state index in [9.17, 15) is 5.11 Å². The molecule has 148 valence electrons. The zero-order valence-electron chi connectivity index (χ0n) is 17.2. The van der Waals surface area contributed by atoms with E-state index in [2.05, 4.69) is 73.1 Å². The topological polar surface area (TPSA) is 38.0 Å². The number of aliphatic hydroxyl groups is 1. The third kappa shape index (κ3) is 3.14. The molecule has 2 aromatic carbocycles. The van der Waals surface area contributed by atoms with Gasteiger partial charge in [0, 0.05) is 0 Å². The highest BCUT2D eigenvalue weighted by atomic mass is 16.3. The first-order valence-electron chi connectivity index (χ1n) is 10.6. The molecule has 3 nitrogen and oxygen atoms in total. The Morgan fingerprint density at radius 2 is 1.90 bits per heavy atom. The molecule has 0 radical (unpaired) electrons. The molecule has 5 rings (SSSR count). The second-order valence-corrected chi connectivity index (χ2v) is 8.97. The van der Waals surface area contributed by atoms with Crippen LogP contribution in [-0.4, -0.2) is 21.0 Å². The summed E-state index contributed by atoms with van der Waals surface area (Å²) in [6.45, 7) is 4.45. The van der Waals surface area contributed by atoms with Crippen molar-refractivity contribution in [2.24, 2.45) is 11.3 Å². The molecule has 0 aliphatic heterocycles. The van der Waals surface area contributed by atoms with Crippen LogP contribution in [0.4, 0.5) is 0 Å². The molecule has 1 N–H and O–H groups in total. The van der Waals surface area contributed by atoms with E-state index < -0.39 is 0 Å². The second kappa shape index (κ2) is 7.00. The SMILES string of the molecule is Cc1ccc(-n2ncc3c2C=C2CC[C@H]([C@H](O)Cc4ccccc4)[C@@]2(C)C3)cc1. The quantitative estimate of drug-likeness (QED) is 0.676. The minimum Gasteiger partial charge on any atom is -0.392 e. The Morgan fingerprint density at radius 1 is 1.14 bits per heavy atom. The zero-order chi connectivity index (χ0) is 20.0. The van der Waals surface area contributed by atoms with Crippen LogP contribution in [0.1, 0.15) is 42.1 Å². The number of fused-ring (bicyclic) bond motifs is 2. The number of aliphatic hydroxyl groups excluding tert-OH is 1. The smallest absolute Gasteiger partial charge is 0.0700 e. The summed E-state index contributed by atoms with van der Waals surface area (Å²) in [4.78, 5) is 0. The Balaban J connectivity index is 1.44. The third-order valence-electron chi connectivity index (χ3n) is 7.06. The standard InChI is InChI=1S/C26H28N2O/c1-18-8-11-22(12-9-18)28-24-15-21-10-13-23(26(21,2)16-20(24)17-27-28)25(29)14-19-6-4-3-5-7-19/h3-9,11-12,15,17,23,25,29H,10,13-14,16H2,1-2H3/t23-,25-,26+/m1/s1. The summed E-state index contributed by atoms with van der Waals surface area (Å²) < 4.78 is 2.06. The zero-order valence-corrected chi connectivity index (χ0v) is 17.2. The van der Waals surface area contributed by atoms with Gasteiger partial charge in [0.2, 0.25) is 0 Å². The maximum atomic E-state index is 11.1. The fraction of sp³-hybridized carbons (Fsp3) is 0.346. The van der Waals surface area contributed by atoms with Gasteiger partial charge < -0.3 is 5.11 Å². The molecule has 0 bridgehead atoms. The Bertz CT molecular complexity index is 1050. The molecule has 3 atom stereocenters. The van der Waals surface area contributed by atoms with Gasteiger partial charge in [0.15, 0.2) is 0 Å². The molecule has 1 heterocycles. The van der Waals surface area contributed by atoms with E-state index in [-0.39, 0.29) is 17.4 Å². The van der Waals surface area contributed by atoms with E-state index >= 15 is 0 Å². The van der Waals surface area contributed by atoms with Gasteiger partial charge in [0.25, 0.3) is 0 Å². The number of nitrogens with zero attached hydrogens (tertiary/aromatic N) is 2. The van der Waals surface area contributed by atoms with Crippen molar-refractivity contribution in [3.05, 3.63) is 88.8 Å². The van der Waals surface area contributed by atoms with E-state index in [1.165, 1.54) is 28.0 Å². The van der Waals surface area contributed by atoms with Gasteiger partial charge in [-0.25, -0.2) is 4.68 Å². The summed E-state index contributed by atoms with van der Waals surface area (Å²) >= 11 is 0. The highest BCUT2D eigenvalue weighted by Gasteiger charge is 2.48. The van der Waals surface area contributed by atoms with Crippen molar-refractivity contribution in [1.29, 1.82) is 0 Å². The van der Waals surface area contributed by atoms with Crippen LogP contribution >= 0.6 is 0 Å². The Labute approximate surface area is 172 Å². The number of aryl methyl sites for hydroxylation is 1. The maximum absolute atomic E-state index is 11.1. The molecule has 1 aromatic heterocycles. The molecule has 0 spiro atoms. The molecule has 0 amide bonds. The predicted octanol–water partition coefficient (Wildman–Crippen LogP) is 5.14. The third-order valence-corrected chi connectivity index (χ3v) is 7.06. The number of hydrogen-bond donors (Lipinski definition) is 1. The maximum Gasteiger partial charge on any atom is 0.0700 e. The largest absolute Gasteiger partial charge is 0.392 e. The fourth-order valence-electron chi connectivity index (χ4n) is 5.38. The summed E-state index contributed by atoms with van der Waals surface area (Å²) in [5, 5.41) is 15.8. The molecule has 3 heteroatoms. The lowest BCUT2D eigenvalue weighted by molar-refractivity contribution is 0.0566. The van der Waals surface area contributed by atoms with Crippen molar-refractivity contribution in [3.63, 3.8) is 0 Å². The van der Waals surface area contributed by atoms with Gasteiger partial charge in [-0.2, -0.15) is 5.10 Å². The summed E-state index contributed by atoms with van der Waals surface area (Å²) in [5.74, 6) is 0.282. The molecule has 3 aromatic rings. The highest BCUT2D eigenvalue weighted by Crippen LogP contribution is 2.54. The molecule has 1 fully saturated rings. The first-order valence-corrected chi connectivity index (χ1v) is 10.6. The van der Waals surface area contributed by atoms with Crippen molar-refractivity contribution < 1.29 is 5.11 Å². The van der Waals surface area contributed by atoms with E-state index in [0.717, 1.165) is 31.4 Å². The van der Waals surface area contributed by atoms with Crippen molar-refractivity contribution in [2.45, 2.75) is 45.6 Å². The second-order valence-electron chi connectivity index (χ2n) is 8.97. The van der Waals surface area contributed by atoms with Crippen molar-refractivity contribution in [3.8, 4) is 5.69 Å². The van der Waals surface area contributed by atoms with Crippen LogP contribution in [0.2, 0.25) is 0 Å². The van der Waals surface area contributed by atoms with E-state index in [4.69, 9.17) is 5.10 Å². The van der Waals surface area contributed by atoms with E-state index in [1.54, 1.807) is 0 Å². The molecule has 0 saturated heterocycles. The molecule has 2 aliphatic rings. The van der Waals surface area contributed by atoms with Crippen LogP contribution < -0.4 is 0 Å². The number of benzene rings is 2. The van der Waals surface area contributed by atoms with Crippen molar-refractivity contribution in [2.75, 3.05) is 0 Å². The normalized spacial score (nSPS) is 24.0. The number of rotatable bonds is 4. The predicted molar refractivity (Wildman–Crippen MR) is 117 cm³/mol. The van der Waals surface area contributed by atoms with Gasteiger partial charge in [-0.1, -0.05) is 60.5 Å². The Hall–Kier alpha value is -2.65. The number of hydrogen-bond acceptors (Lipinski definition) is 2. The highest BCUT2D eigenvalue weighted by molar-refractivity contribution is 5.62. The minimum absolute atomic E-state index is 0.0162. The Morgan fingerprint density at radius 3 is 2.66 bits per heavy atom. The lowest BCUT2D eigenvalue weighted by atomic mass is 9.67. The Kier molecular flexibility index (Phi) is 4.44. The van der Waals surface area contributed by atoms with Crippen molar-refractivity contribution >= 4 is 6.08 Å². The summed E-state index contributed by atoms with van der Waals surface area (Å²) in [6, 6.07) is 18.9. The monoisotopic (exact) mass is 384 g/mol. The van der Waals surface area contributed by atoms with Gasteiger partial charge in [-0.3, -0.25) is 0 Å². The van der Waals surface area contributed by atoms with Crippen LogP contribution in [-0.2, 0) is 12.8 Å². The molecule has 0 unspecified atom stereocenters. The van der Waals surface area contributed by atoms with Crippen LogP contribution in [0.3, 0.4) is 0 Å². The van der Waals surface area contributed by atoms with E-state index in [0.29, 0.717) is 0 Å². The lowest BCUT2D eigenvalue weighted by Crippen LogP contribution is -2.37. The van der Waals surface area contributed by atoms with Crippen LogP contribution in [0.25, 0.3) is 11.8 Å². The lowest BCUT2D eigenvalue weighted by Gasteiger charge is -2.38. The molecule has 1 saturated carbocycles. The first-order chi connectivity index (χ1) is 14.0. The number of allylic oxidation sites excluding steroid dienone is 1. The van der Waals surface area contributed by atoms with Gasteiger partial charge in [0.1, 0.15) is 0 Å². The molecule has 29 heavy (non-hydrogen) atoms. The summed E-state index contributed by atoms with van der Waals surface area (Å²) in [7, 11) is 0. The van der Waals surface area contributed by atoms with Crippen molar-refractivity contribution in [1.82, 2.24) is 9.78 Å². The molecular formula is C26H28N2O. The van der Waals surface area contributed by atoms with Gasteiger partial charge >= 0.3 is 0 Å². The van der Waals surface area contributed by atoms with Gasteiger partial charge in [-0.15, -0.1) is 0 Å². The minimum atomic E-state index is -0.318. The number of aromatic nitrogens is 2. The van der Waals surface area contributed by atoms with Gasteiger partial charge in [0.05, 0.1) is 23.7 Å². The van der Waals surface area contributed by atoms with Crippen LogP contribution in [0, 0.1) is 18.3 Å². The van der Waals surface area contributed by atoms with E-state index in [1.807, 2.05) is 12.3 Å². The average molecular weight is 385 g/mol. The van der Waals surface area contributed by atoms with Gasteiger partial charge in [-0.05, 0) is 73.3 Å². The van der Waals surface area contributed by atoms with Crippen LogP contribution in [0.15, 0.2) is 66.4 Å².